The lowest BCUT2D eigenvalue weighted by Crippen LogP contribution is -2.13. The molecule has 0 radical (unpaired) electrons. The zero-order valence-corrected chi connectivity index (χ0v) is 12.1. The van der Waals surface area contributed by atoms with Crippen molar-refractivity contribution >= 4 is 27.5 Å². The SMILES string of the molecule is Cc1ccc(CO)cc1NC(=O)c1cccc(Br)c1. The van der Waals surface area contributed by atoms with Crippen LogP contribution >= 0.6 is 15.9 Å². The lowest BCUT2D eigenvalue weighted by atomic mass is 10.1. The molecule has 0 heterocycles. The van der Waals surface area contributed by atoms with Crippen LogP contribution in [0.25, 0.3) is 0 Å². The predicted molar refractivity (Wildman–Crippen MR) is 79.2 cm³/mol. The molecule has 0 aliphatic heterocycles. The number of hydrogen-bond acceptors (Lipinski definition) is 2. The first-order valence-corrected chi connectivity index (χ1v) is 6.67. The average molecular weight is 320 g/mol. The second-order valence-electron chi connectivity index (χ2n) is 4.27. The van der Waals surface area contributed by atoms with Crippen molar-refractivity contribution in [3.63, 3.8) is 0 Å². The largest absolute Gasteiger partial charge is 0.392 e. The summed E-state index contributed by atoms with van der Waals surface area (Å²) in [5.41, 5.74) is 3.04. The molecule has 0 aromatic heterocycles. The summed E-state index contributed by atoms with van der Waals surface area (Å²) < 4.78 is 0.862. The molecule has 0 fully saturated rings. The Balaban J connectivity index is 2.23. The fraction of sp³-hybridized carbons (Fsp3) is 0.133. The van der Waals surface area contributed by atoms with E-state index >= 15 is 0 Å². The maximum absolute atomic E-state index is 12.1. The summed E-state index contributed by atoms with van der Waals surface area (Å²) in [5.74, 6) is -0.167. The van der Waals surface area contributed by atoms with Crippen molar-refractivity contribution in [3.8, 4) is 0 Å². The van der Waals surface area contributed by atoms with Crippen LogP contribution in [0.15, 0.2) is 46.9 Å². The Kier molecular flexibility index (Phi) is 4.35. The average Bonchev–Trinajstić information content (AvgIpc) is 2.41. The van der Waals surface area contributed by atoms with Crippen molar-refractivity contribution in [3.05, 3.63) is 63.6 Å². The van der Waals surface area contributed by atoms with Gasteiger partial charge in [0.1, 0.15) is 0 Å². The van der Waals surface area contributed by atoms with Gasteiger partial charge in [0.05, 0.1) is 6.61 Å². The quantitative estimate of drug-likeness (QED) is 0.909. The molecule has 3 nitrogen and oxygen atoms in total. The van der Waals surface area contributed by atoms with Gasteiger partial charge in [-0.3, -0.25) is 4.79 Å². The number of carbonyl (C=O) groups excluding carboxylic acids is 1. The number of anilines is 1. The maximum Gasteiger partial charge on any atom is 0.255 e. The molecule has 2 aromatic rings. The molecule has 2 aromatic carbocycles. The van der Waals surface area contributed by atoms with Gasteiger partial charge in [0.15, 0.2) is 0 Å². The minimum Gasteiger partial charge on any atom is -0.392 e. The highest BCUT2D eigenvalue weighted by Crippen LogP contribution is 2.19. The molecule has 98 valence electrons. The van der Waals surface area contributed by atoms with E-state index in [-0.39, 0.29) is 12.5 Å². The number of benzene rings is 2. The number of nitrogens with one attached hydrogen (secondary N) is 1. The fourth-order valence-electron chi connectivity index (χ4n) is 1.73. The molecule has 1 amide bonds. The van der Waals surface area contributed by atoms with E-state index in [0.29, 0.717) is 5.56 Å². The van der Waals surface area contributed by atoms with Gasteiger partial charge in [0.2, 0.25) is 0 Å². The molecule has 0 saturated carbocycles. The number of hydrogen-bond donors (Lipinski definition) is 2. The highest BCUT2D eigenvalue weighted by Gasteiger charge is 2.08. The third-order valence-corrected chi connectivity index (χ3v) is 3.31. The van der Waals surface area contributed by atoms with Gasteiger partial charge in [0.25, 0.3) is 5.91 Å². The monoisotopic (exact) mass is 319 g/mol. The topological polar surface area (TPSA) is 49.3 Å². The molecule has 0 unspecified atom stereocenters. The van der Waals surface area contributed by atoms with E-state index in [1.165, 1.54) is 0 Å². The fourth-order valence-corrected chi connectivity index (χ4v) is 2.13. The smallest absolute Gasteiger partial charge is 0.255 e. The van der Waals surface area contributed by atoms with Gasteiger partial charge in [-0.05, 0) is 42.3 Å². The van der Waals surface area contributed by atoms with Crippen molar-refractivity contribution in [2.24, 2.45) is 0 Å². The van der Waals surface area contributed by atoms with Crippen molar-refractivity contribution in [2.45, 2.75) is 13.5 Å². The Morgan fingerprint density at radius 3 is 2.74 bits per heavy atom. The summed E-state index contributed by atoms with van der Waals surface area (Å²) in [7, 11) is 0. The van der Waals surface area contributed by atoms with Gasteiger partial charge in [-0.25, -0.2) is 0 Å². The molecule has 0 aliphatic carbocycles. The van der Waals surface area contributed by atoms with Crippen molar-refractivity contribution in [1.82, 2.24) is 0 Å². The molecular weight excluding hydrogens is 306 g/mol. The van der Waals surface area contributed by atoms with Crippen LogP contribution in [0.4, 0.5) is 5.69 Å². The molecule has 0 bridgehead atoms. The molecule has 0 saturated heterocycles. The zero-order valence-electron chi connectivity index (χ0n) is 10.5. The van der Waals surface area contributed by atoms with Crippen LogP contribution in [0.2, 0.25) is 0 Å². The first-order chi connectivity index (χ1) is 9.10. The van der Waals surface area contributed by atoms with Crippen LogP contribution in [-0.2, 0) is 6.61 Å². The van der Waals surface area contributed by atoms with Gasteiger partial charge in [-0.15, -0.1) is 0 Å². The summed E-state index contributed by atoms with van der Waals surface area (Å²) in [5, 5.41) is 12.0. The highest BCUT2D eigenvalue weighted by atomic mass is 79.9. The van der Waals surface area contributed by atoms with Crippen molar-refractivity contribution in [2.75, 3.05) is 5.32 Å². The highest BCUT2D eigenvalue weighted by molar-refractivity contribution is 9.10. The van der Waals surface area contributed by atoms with Crippen molar-refractivity contribution < 1.29 is 9.90 Å². The molecule has 0 aliphatic rings. The van der Waals surface area contributed by atoms with E-state index in [0.717, 1.165) is 21.3 Å². The van der Waals surface area contributed by atoms with E-state index in [2.05, 4.69) is 21.2 Å². The second-order valence-corrected chi connectivity index (χ2v) is 5.19. The predicted octanol–water partition coefficient (Wildman–Crippen LogP) is 3.50. The van der Waals surface area contributed by atoms with Crippen LogP contribution in [0, 0.1) is 6.92 Å². The Labute approximate surface area is 120 Å². The minimum atomic E-state index is -0.167. The van der Waals surface area contributed by atoms with E-state index in [1.807, 2.05) is 31.2 Å². The van der Waals surface area contributed by atoms with Crippen LogP contribution in [-0.4, -0.2) is 11.0 Å². The Hall–Kier alpha value is -1.65. The van der Waals surface area contributed by atoms with E-state index in [4.69, 9.17) is 5.11 Å². The van der Waals surface area contributed by atoms with E-state index < -0.39 is 0 Å². The Bertz CT molecular complexity index is 611. The summed E-state index contributed by atoms with van der Waals surface area (Å²) in [6.45, 7) is 1.87. The molecule has 19 heavy (non-hydrogen) atoms. The number of aliphatic hydroxyl groups is 1. The third-order valence-electron chi connectivity index (χ3n) is 2.82. The van der Waals surface area contributed by atoms with Crippen molar-refractivity contribution in [1.29, 1.82) is 0 Å². The van der Waals surface area contributed by atoms with Gasteiger partial charge in [0, 0.05) is 15.7 Å². The minimum absolute atomic E-state index is 0.0416. The van der Waals surface area contributed by atoms with E-state index in [9.17, 15) is 4.79 Å². The zero-order chi connectivity index (χ0) is 13.8. The molecule has 2 N–H and O–H groups in total. The molecule has 4 heteroatoms. The summed E-state index contributed by atoms with van der Waals surface area (Å²) in [6.07, 6.45) is 0. The number of amides is 1. The number of carbonyl (C=O) groups is 1. The number of halogens is 1. The number of aliphatic hydroxyl groups excluding tert-OH is 1. The normalized spacial score (nSPS) is 10.3. The molecule has 0 spiro atoms. The maximum atomic E-state index is 12.1. The van der Waals surface area contributed by atoms with Crippen LogP contribution in [0.5, 0.6) is 0 Å². The summed E-state index contributed by atoms with van der Waals surface area (Å²) >= 11 is 3.34. The van der Waals surface area contributed by atoms with Crippen LogP contribution < -0.4 is 5.32 Å². The van der Waals surface area contributed by atoms with Gasteiger partial charge < -0.3 is 10.4 Å². The first kappa shape index (κ1) is 13.8. The number of rotatable bonds is 3. The molecular formula is C15H14BrNO2. The summed E-state index contributed by atoms with van der Waals surface area (Å²) in [4.78, 5) is 12.1. The molecule has 2 rings (SSSR count). The van der Waals surface area contributed by atoms with E-state index in [1.54, 1.807) is 18.2 Å². The first-order valence-electron chi connectivity index (χ1n) is 5.87. The Morgan fingerprint density at radius 2 is 2.05 bits per heavy atom. The van der Waals surface area contributed by atoms with Gasteiger partial charge in [-0.2, -0.15) is 0 Å². The van der Waals surface area contributed by atoms with Crippen LogP contribution in [0.1, 0.15) is 21.5 Å². The van der Waals surface area contributed by atoms with Gasteiger partial charge >= 0.3 is 0 Å². The number of aryl methyl sites for hydroxylation is 1. The lowest BCUT2D eigenvalue weighted by Gasteiger charge is -2.10. The third kappa shape index (κ3) is 3.43. The molecule has 0 atom stereocenters. The van der Waals surface area contributed by atoms with Gasteiger partial charge in [-0.1, -0.05) is 34.1 Å². The standard InChI is InChI=1S/C15H14BrNO2/c1-10-5-6-11(9-18)7-14(10)17-15(19)12-3-2-4-13(16)8-12/h2-8,18H,9H2,1H3,(H,17,19). The van der Waals surface area contributed by atoms with Crippen LogP contribution in [0.3, 0.4) is 0 Å². The second kappa shape index (κ2) is 5.99. The summed E-state index contributed by atoms with van der Waals surface area (Å²) in [6, 6.07) is 12.7. The lowest BCUT2D eigenvalue weighted by molar-refractivity contribution is 0.102. The Morgan fingerprint density at radius 1 is 1.26 bits per heavy atom.